The Morgan fingerprint density at radius 2 is 1.83 bits per heavy atom. The smallest absolute Gasteiger partial charge is 0.459 e. The second-order valence-electron chi connectivity index (χ2n) is 4.70. The largest absolute Gasteiger partial charge is 0.508 e. The highest BCUT2D eigenvalue weighted by molar-refractivity contribution is 5.87. The normalized spacial score (nSPS) is 12.7. The highest BCUT2D eigenvalue weighted by Gasteiger charge is 2.22. The SMILES string of the molecule is COC(=O)OC[C@H](N)C(=O)N[C@@H](C)C(=O)OCc1ccccc1. The average molecular weight is 324 g/mol. The number of rotatable bonds is 7. The number of nitrogens with two attached hydrogens (primary N) is 1. The van der Waals surface area contributed by atoms with Gasteiger partial charge in [0.2, 0.25) is 5.91 Å². The summed E-state index contributed by atoms with van der Waals surface area (Å²) in [6.45, 7) is 1.22. The second kappa shape index (κ2) is 9.42. The number of methoxy groups -OCH3 is 1. The van der Waals surface area contributed by atoms with Crippen LogP contribution < -0.4 is 11.1 Å². The van der Waals surface area contributed by atoms with Gasteiger partial charge in [-0.05, 0) is 12.5 Å². The molecule has 0 bridgehead atoms. The molecule has 0 saturated carbocycles. The van der Waals surface area contributed by atoms with Crippen molar-refractivity contribution in [1.29, 1.82) is 0 Å². The Morgan fingerprint density at radius 3 is 2.43 bits per heavy atom. The molecule has 3 N–H and O–H groups in total. The monoisotopic (exact) mass is 324 g/mol. The molecule has 0 aliphatic heterocycles. The number of carbonyl (C=O) groups excluding carboxylic acids is 3. The lowest BCUT2D eigenvalue weighted by Crippen LogP contribution is -2.49. The summed E-state index contributed by atoms with van der Waals surface area (Å²) in [6.07, 6.45) is -0.941. The number of benzene rings is 1. The van der Waals surface area contributed by atoms with Crippen molar-refractivity contribution in [3.8, 4) is 0 Å². The van der Waals surface area contributed by atoms with Gasteiger partial charge < -0.3 is 25.3 Å². The molecule has 0 fully saturated rings. The lowest BCUT2D eigenvalue weighted by atomic mass is 10.2. The Bertz CT molecular complexity index is 534. The number of esters is 1. The molecule has 0 unspecified atom stereocenters. The fraction of sp³-hybridized carbons (Fsp3) is 0.400. The first-order valence-electron chi connectivity index (χ1n) is 6.91. The van der Waals surface area contributed by atoms with E-state index in [1.54, 1.807) is 0 Å². The molecule has 1 aromatic rings. The predicted molar refractivity (Wildman–Crippen MR) is 80.2 cm³/mol. The summed E-state index contributed by atoms with van der Waals surface area (Å²) in [5.74, 6) is -1.23. The standard InChI is InChI=1S/C15H20N2O6/c1-10(14(19)22-8-11-6-4-3-5-7-11)17-13(18)12(16)9-23-15(20)21-2/h3-7,10,12H,8-9,16H2,1-2H3,(H,17,18)/t10-,12-/m0/s1. The maximum Gasteiger partial charge on any atom is 0.508 e. The number of hydrogen-bond acceptors (Lipinski definition) is 7. The summed E-state index contributed by atoms with van der Waals surface area (Å²) >= 11 is 0. The minimum Gasteiger partial charge on any atom is -0.459 e. The van der Waals surface area contributed by atoms with Gasteiger partial charge in [-0.15, -0.1) is 0 Å². The Labute approximate surface area is 133 Å². The van der Waals surface area contributed by atoms with Crippen LogP contribution in [-0.2, 0) is 30.4 Å². The molecule has 1 aromatic carbocycles. The van der Waals surface area contributed by atoms with Gasteiger partial charge in [0.15, 0.2) is 0 Å². The fourth-order valence-corrected chi connectivity index (χ4v) is 1.53. The van der Waals surface area contributed by atoms with Gasteiger partial charge in [0.1, 0.15) is 25.3 Å². The number of ether oxygens (including phenoxy) is 3. The highest BCUT2D eigenvalue weighted by atomic mass is 16.7. The Kier molecular flexibility index (Phi) is 7.55. The zero-order valence-corrected chi connectivity index (χ0v) is 13.0. The van der Waals surface area contributed by atoms with E-state index in [1.807, 2.05) is 30.3 Å². The van der Waals surface area contributed by atoms with Crippen LogP contribution in [0.3, 0.4) is 0 Å². The van der Waals surface area contributed by atoms with Crippen molar-refractivity contribution < 1.29 is 28.6 Å². The van der Waals surface area contributed by atoms with Gasteiger partial charge in [-0.1, -0.05) is 30.3 Å². The first kappa shape index (κ1) is 18.4. The fourth-order valence-electron chi connectivity index (χ4n) is 1.53. The van der Waals surface area contributed by atoms with Crippen molar-refractivity contribution in [2.75, 3.05) is 13.7 Å². The molecule has 0 aromatic heterocycles. The van der Waals surface area contributed by atoms with E-state index in [9.17, 15) is 14.4 Å². The Morgan fingerprint density at radius 1 is 1.17 bits per heavy atom. The highest BCUT2D eigenvalue weighted by Crippen LogP contribution is 2.02. The summed E-state index contributed by atoms with van der Waals surface area (Å²) in [4.78, 5) is 34.3. The van der Waals surface area contributed by atoms with Crippen molar-refractivity contribution in [2.45, 2.75) is 25.6 Å². The zero-order chi connectivity index (χ0) is 17.2. The van der Waals surface area contributed by atoms with Crippen LogP contribution in [0.1, 0.15) is 12.5 Å². The molecule has 23 heavy (non-hydrogen) atoms. The summed E-state index contributed by atoms with van der Waals surface area (Å²) in [7, 11) is 1.14. The van der Waals surface area contributed by atoms with Gasteiger partial charge in [0.25, 0.3) is 0 Å². The molecule has 0 aliphatic rings. The third kappa shape index (κ3) is 6.79. The lowest BCUT2D eigenvalue weighted by molar-refractivity contribution is -0.148. The van der Waals surface area contributed by atoms with Crippen molar-refractivity contribution in [3.05, 3.63) is 35.9 Å². The van der Waals surface area contributed by atoms with Gasteiger partial charge >= 0.3 is 12.1 Å². The minimum absolute atomic E-state index is 0.109. The van der Waals surface area contributed by atoms with Gasteiger partial charge in [0.05, 0.1) is 7.11 Å². The average Bonchev–Trinajstić information content (AvgIpc) is 2.57. The second-order valence-corrected chi connectivity index (χ2v) is 4.70. The van der Waals surface area contributed by atoms with Crippen molar-refractivity contribution in [2.24, 2.45) is 5.73 Å². The van der Waals surface area contributed by atoms with E-state index >= 15 is 0 Å². The van der Waals surface area contributed by atoms with Crippen LogP contribution in [0.25, 0.3) is 0 Å². The third-order valence-electron chi connectivity index (χ3n) is 2.82. The summed E-state index contributed by atoms with van der Waals surface area (Å²) in [5.41, 5.74) is 6.37. The molecule has 1 rings (SSSR count). The maximum atomic E-state index is 11.8. The van der Waals surface area contributed by atoms with Crippen molar-refractivity contribution >= 4 is 18.0 Å². The van der Waals surface area contributed by atoms with E-state index in [4.69, 9.17) is 10.5 Å². The molecular weight excluding hydrogens is 304 g/mol. The van der Waals surface area contributed by atoms with Crippen LogP contribution in [0.15, 0.2) is 30.3 Å². The van der Waals surface area contributed by atoms with Crippen molar-refractivity contribution in [3.63, 3.8) is 0 Å². The van der Waals surface area contributed by atoms with Gasteiger partial charge in [-0.25, -0.2) is 9.59 Å². The van der Waals surface area contributed by atoms with Crippen LogP contribution in [0.5, 0.6) is 0 Å². The zero-order valence-electron chi connectivity index (χ0n) is 13.0. The van der Waals surface area contributed by atoms with E-state index in [-0.39, 0.29) is 13.2 Å². The molecule has 0 heterocycles. The number of carbonyl (C=O) groups is 3. The van der Waals surface area contributed by atoms with E-state index in [0.29, 0.717) is 0 Å². The van der Waals surface area contributed by atoms with Crippen molar-refractivity contribution in [1.82, 2.24) is 5.32 Å². The predicted octanol–water partition coefficient (Wildman–Crippen LogP) is 0.345. The van der Waals surface area contributed by atoms with Gasteiger partial charge in [0, 0.05) is 0 Å². The topological polar surface area (TPSA) is 117 Å². The molecule has 2 atom stereocenters. The molecule has 8 heteroatoms. The van der Waals surface area contributed by atoms with Crippen LogP contribution in [-0.4, -0.2) is 43.8 Å². The molecule has 0 aliphatic carbocycles. The van der Waals surface area contributed by atoms with E-state index in [1.165, 1.54) is 6.92 Å². The number of nitrogens with one attached hydrogen (secondary N) is 1. The first-order chi connectivity index (χ1) is 10.9. The summed E-state index contributed by atoms with van der Waals surface area (Å²) in [5, 5.41) is 2.39. The molecule has 1 amide bonds. The molecular formula is C15H20N2O6. The van der Waals surface area contributed by atoms with Gasteiger partial charge in [-0.3, -0.25) is 4.79 Å². The van der Waals surface area contributed by atoms with Gasteiger partial charge in [-0.2, -0.15) is 0 Å². The quantitative estimate of drug-likeness (QED) is 0.695. The molecule has 0 saturated heterocycles. The first-order valence-corrected chi connectivity index (χ1v) is 6.91. The lowest BCUT2D eigenvalue weighted by Gasteiger charge is -2.16. The Hall–Kier alpha value is -2.61. The summed E-state index contributed by atoms with van der Waals surface area (Å²) in [6, 6.07) is 7.15. The molecule has 126 valence electrons. The van der Waals surface area contributed by atoms with E-state index in [2.05, 4.69) is 14.8 Å². The molecule has 8 nitrogen and oxygen atoms in total. The van der Waals surface area contributed by atoms with Crippen LogP contribution in [0.4, 0.5) is 4.79 Å². The van der Waals surface area contributed by atoms with Crippen LogP contribution >= 0.6 is 0 Å². The number of hydrogen-bond donors (Lipinski definition) is 2. The third-order valence-corrected chi connectivity index (χ3v) is 2.82. The van der Waals surface area contributed by atoms with E-state index < -0.39 is 30.1 Å². The van der Waals surface area contributed by atoms with E-state index in [0.717, 1.165) is 12.7 Å². The minimum atomic E-state index is -1.11. The van der Waals surface area contributed by atoms with Crippen LogP contribution in [0, 0.1) is 0 Å². The molecule has 0 spiro atoms. The van der Waals surface area contributed by atoms with Crippen LogP contribution in [0.2, 0.25) is 0 Å². The summed E-state index contributed by atoms with van der Waals surface area (Å²) < 4.78 is 13.9. The maximum absolute atomic E-state index is 11.8. The molecule has 0 radical (unpaired) electrons. The number of amides is 1. The Balaban J connectivity index is 2.35.